The first kappa shape index (κ1) is 24.7. The normalized spacial score (nSPS) is 14.4. The van der Waals surface area contributed by atoms with Crippen LogP contribution < -0.4 is 5.32 Å². The van der Waals surface area contributed by atoms with Gasteiger partial charge in [0.05, 0.1) is 11.8 Å². The number of imidazole rings is 1. The van der Waals surface area contributed by atoms with Gasteiger partial charge in [0.2, 0.25) is 0 Å². The van der Waals surface area contributed by atoms with Crippen LogP contribution in [0.3, 0.4) is 0 Å². The lowest BCUT2D eigenvalue weighted by Crippen LogP contribution is -2.56. The van der Waals surface area contributed by atoms with Crippen LogP contribution in [0.4, 0.5) is 18.9 Å². The predicted molar refractivity (Wildman–Crippen MR) is 135 cm³/mol. The van der Waals surface area contributed by atoms with Crippen molar-refractivity contribution in [2.45, 2.75) is 25.3 Å². The van der Waals surface area contributed by atoms with Gasteiger partial charge in [0, 0.05) is 62.1 Å². The van der Waals surface area contributed by atoms with Gasteiger partial charge in [-0.25, -0.2) is 9.50 Å². The number of halogens is 3. The van der Waals surface area contributed by atoms with E-state index in [1.807, 2.05) is 31.1 Å². The van der Waals surface area contributed by atoms with Gasteiger partial charge < -0.3 is 10.2 Å². The lowest BCUT2D eigenvalue weighted by atomic mass is 10.0. The fourth-order valence-corrected chi connectivity index (χ4v) is 4.23. The maximum atomic E-state index is 13.8. The highest BCUT2D eigenvalue weighted by atomic mass is 19.4. The zero-order chi connectivity index (χ0) is 26.0. The van der Waals surface area contributed by atoms with Crippen molar-refractivity contribution in [2.24, 2.45) is 0 Å². The van der Waals surface area contributed by atoms with Crippen molar-refractivity contribution < 1.29 is 13.2 Å². The Kier molecular flexibility index (Phi) is 6.82. The summed E-state index contributed by atoms with van der Waals surface area (Å²) in [7, 11) is 3.97. The van der Waals surface area contributed by atoms with Crippen molar-refractivity contribution in [1.82, 2.24) is 29.4 Å². The van der Waals surface area contributed by atoms with Crippen LogP contribution in [0.1, 0.15) is 27.9 Å². The molecule has 1 aliphatic rings. The van der Waals surface area contributed by atoms with Crippen molar-refractivity contribution in [3.8, 4) is 11.8 Å². The molecule has 1 saturated heterocycles. The molecule has 1 aliphatic heterocycles. The Bertz CT molecular complexity index is 1460. The SMILES string of the molecule is CN(C)C1CN(Cc2ccc(NCc3cncc(C#Cc4cnc5cccnn45)c3)cc2C(F)(F)F)C1. The molecule has 190 valence electrons. The maximum Gasteiger partial charge on any atom is 0.416 e. The van der Waals surface area contributed by atoms with E-state index in [0.717, 1.165) is 18.7 Å². The minimum Gasteiger partial charge on any atom is -0.381 e. The van der Waals surface area contributed by atoms with E-state index in [9.17, 15) is 13.2 Å². The molecule has 1 aromatic carbocycles. The third-order valence-corrected chi connectivity index (χ3v) is 6.38. The Morgan fingerprint density at radius 1 is 1.08 bits per heavy atom. The minimum atomic E-state index is -4.43. The molecule has 7 nitrogen and oxygen atoms in total. The smallest absolute Gasteiger partial charge is 0.381 e. The Hall–Kier alpha value is -3.94. The van der Waals surface area contributed by atoms with E-state index in [1.165, 1.54) is 6.07 Å². The molecule has 1 N–H and O–H groups in total. The second kappa shape index (κ2) is 10.2. The number of fused-ring (bicyclic) bond motifs is 1. The first-order chi connectivity index (χ1) is 17.8. The second-order valence-electron chi connectivity index (χ2n) is 9.30. The van der Waals surface area contributed by atoms with Gasteiger partial charge >= 0.3 is 6.18 Å². The summed E-state index contributed by atoms with van der Waals surface area (Å²) >= 11 is 0. The average Bonchev–Trinajstić information content (AvgIpc) is 3.26. The summed E-state index contributed by atoms with van der Waals surface area (Å²) in [6.45, 7) is 2.13. The molecular formula is C27H26F3N7. The first-order valence-electron chi connectivity index (χ1n) is 11.8. The van der Waals surface area contributed by atoms with Gasteiger partial charge in [0.25, 0.3) is 0 Å². The lowest BCUT2D eigenvalue weighted by molar-refractivity contribution is -0.138. The molecule has 0 saturated carbocycles. The largest absolute Gasteiger partial charge is 0.416 e. The first-order valence-corrected chi connectivity index (χ1v) is 11.8. The van der Waals surface area contributed by atoms with E-state index in [2.05, 4.69) is 37.1 Å². The van der Waals surface area contributed by atoms with Crippen LogP contribution in [0.5, 0.6) is 0 Å². The van der Waals surface area contributed by atoms with Gasteiger partial charge in [-0.3, -0.25) is 9.88 Å². The summed E-state index contributed by atoms with van der Waals surface area (Å²) in [4.78, 5) is 12.6. The Morgan fingerprint density at radius 3 is 2.70 bits per heavy atom. The molecule has 4 heterocycles. The van der Waals surface area contributed by atoms with Crippen LogP contribution in [0.15, 0.2) is 61.2 Å². The van der Waals surface area contributed by atoms with Crippen molar-refractivity contribution in [3.63, 3.8) is 0 Å². The summed E-state index contributed by atoms with van der Waals surface area (Å²) < 4.78 is 43.1. The molecule has 0 radical (unpaired) electrons. The summed E-state index contributed by atoms with van der Waals surface area (Å²) in [5, 5.41) is 7.33. The Labute approximate surface area is 213 Å². The number of anilines is 1. The number of alkyl halides is 3. The zero-order valence-electron chi connectivity index (χ0n) is 20.5. The van der Waals surface area contributed by atoms with E-state index in [1.54, 1.807) is 47.5 Å². The maximum absolute atomic E-state index is 13.8. The van der Waals surface area contributed by atoms with Gasteiger partial charge in [-0.2, -0.15) is 18.3 Å². The van der Waals surface area contributed by atoms with Gasteiger partial charge in [-0.15, -0.1) is 0 Å². The molecule has 0 aliphatic carbocycles. The highest BCUT2D eigenvalue weighted by Crippen LogP contribution is 2.35. The molecular weight excluding hydrogens is 479 g/mol. The number of hydrogen-bond acceptors (Lipinski definition) is 6. The van der Waals surface area contributed by atoms with E-state index in [-0.39, 0.29) is 12.1 Å². The number of likely N-dealkylation sites (N-methyl/N-ethyl adjacent to an activating group) is 1. The minimum absolute atomic E-state index is 0.284. The van der Waals surface area contributed by atoms with E-state index < -0.39 is 11.7 Å². The predicted octanol–water partition coefficient (Wildman–Crippen LogP) is 3.90. The number of likely N-dealkylation sites (tertiary alicyclic amines) is 1. The van der Waals surface area contributed by atoms with Gasteiger partial charge in [-0.1, -0.05) is 12.0 Å². The number of nitrogens with one attached hydrogen (secondary N) is 1. The molecule has 37 heavy (non-hydrogen) atoms. The highest BCUT2D eigenvalue weighted by Gasteiger charge is 2.35. The van der Waals surface area contributed by atoms with Crippen molar-refractivity contribution >= 4 is 11.3 Å². The molecule has 0 bridgehead atoms. The molecule has 0 unspecified atom stereocenters. The molecule has 0 amide bonds. The fraction of sp³-hybridized carbons (Fsp3) is 0.296. The second-order valence-corrected chi connectivity index (χ2v) is 9.30. The number of hydrogen-bond donors (Lipinski definition) is 1. The molecule has 0 spiro atoms. The van der Waals surface area contributed by atoms with E-state index in [0.29, 0.717) is 35.2 Å². The van der Waals surface area contributed by atoms with Crippen LogP contribution >= 0.6 is 0 Å². The van der Waals surface area contributed by atoms with Gasteiger partial charge in [-0.05, 0) is 61.5 Å². The fourth-order valence-electron chi connectivity index (χ4n) is 4.23. The zero-order valence-corrected chi connectivity index (χ0v) is 20.5. The number of nitrogens with zero attached hydrogens (tertiary/aromatic N) is 6. The average molecular weight is 506 g/mol. The molecule has 0 atom stereocenters. The quantitative estimate of drug-likeness (QED) is 0.401. The van der Waals surface area contributed by atoms with Gasteiger partial charge in [0.1, 0.15) is 5.69 Å². The summed E-state index contributed by atoms with van der Waals surface area (Å²) in [5.41, 5.74) is 2.92. The lowest BCUT2D eigenvalue weighted by Gasteiger charge is -2.43. The summed E-state index contributed by atoms with van der Waals surface area (Å²) in [5.74, 6) is 6.10. The summed E-state index contributed by atoms with van der Waals surface area (Å²) in [6, 6.07) is 10.3. The van der Waals surface area contributed by atoms with Crippen molar-refractivity contribution in [3.05, 3.63) is 89.1 Å². The molecule has 5 rings (SSSR count). The Balaban J connectivity index is 1.27. The van der Waals surface area contributed by atoms with Crippen LogP contribution in [-0.4, -0.2) is 62.6 Å². The van der Waals surface area contributed by atoms with Gasteiger partial charge in [0.15, 0.2) is 5.65 Å². The van der Waals surface area contributed by atoms with Crippen molar-refractivity contribution in [2.75, 3.05) is 32.5 Å². The highest BCUT2D eigenvalue weighted by molar-refractivity contribution is 5.51. The molecule has 3 aromatic heterocycles. The number of rotatable bonds is 6. The molecule has 4 aromatic rings. The summed E-state index contributed by atoms with van der Waals surface area (Å²) in [6.07, 6.45) is 2.19. The molecule has 10 heteroatoms. The Morgan fingerprint density at radius 2 is 1.92 bits per heavy atom. The van der Waals surface area contributed by atoms with Crippen LogP contribution in [0.25, 0.3) is 5.65 Å². The number of pyridine rings is 1. The monoisotopic (exact) mass is 505 g/mol. The van der Waals surface area contributed by atoms with Crippen LogP contribution in [-0.2, 0) is 19.3 Å². The van der Waals surface area contributed by atoms with Crippen molar-refractivity contribution in [1.29, 1.82) is 0 Å². The van der Waals surface area contributed by atoms with Crippen LogP contribution in [0, 0.1) is 11.8 Å². The third-order valence-electron chi connectivity index (χ3n) is 6.38. The number of benzene rings is 1. The third kappa shape index (κ3) is 5.74. The standard InChI is InChI=1S/C27H26F3N7/c1-35(2)24-17-36(18-24)16-21-6-7-22(11-25(21)27(28,29)30)32-14-20-10-19(12-31-13-20)5-8-23-15-33-26-4-3-9-34-37(23)26/h3-4,6-7,9-13,15,24,32H,14,16-18H2,1-2H3. The molecule has 1 fully saturated rings. The van der Waals surface area contributed by atoms with E-state index >= 15 is 0 Å². The number of aromatic nitrogens is 4. The van der Waals surface area contributed by atoms with E-state index in [4.69, 9.17) is 0 Å². The topological polar surface area (TPSA) is 61.6 Å². The van der Waals surface area contributed by atoms with Crippen LogP contribution in [0.2, 0.25) is 0 Å².